The number of halogens is 2. The van der Waals surface area contributed by atoms with Crippen molar-refractivity contribution in [3.63, 3.8) is 0 Å². The molecule has 0 spiro atoms. The highest BCUT2D eigenvalue weighted by Gasteiger charge is 2.15. The fourth-order valence-electron chi connectivity index (χ4n) is 2.65. The first kappa shape index (κ1) is 18.8. The van der Waals surface area contributed by atoms with E-state index < -0.39 is 0 Å². The predicted octanol–water partition coefficient (Wildman–Crippen LogP) is 4.54. The molecule has 3 aromatic rings. The van der Waals surface area contributed by atoms with Crippen LogP contribution in [0.1, 0.15) is 34.4 Å². The van der Waals surface area contributed by atoms with Crippen molar-refractivity contribution in [3.8, 4) is 0 Å². The number of hydrogen-bond donors (Lipinski definition) is 1. The minimum Gasteiger partial charge on any atom is -0.321 e. The number of hydrogen-bond acceptors (Lipinski definition) is 3. The number of carbonyl (C=O) groups is 1. The molecular formula is C18H19Br2N5O. The number of aromatic nitrogens is 4. The summed E-state index contributed by atoms with van der Waals surface area (Å²) in [5, 5.41) is 11.7. The second kappa shape index (κ2) is 7.75. The molecule has 2 heterocycles. The summed E-state index contributed by atoms with van der Waals surface area (Å²) in [7, 11) is 0. The summed E-state index contributed by atoms with van der Waals surface area (Å²) in [6, 6.07) is 7.75. The molecule has 0 radical (unpaired) electrons. The van der Waals surface area contributed by atoms with Gasteiger partial charge in [-0.05, 0) is 70.3 Å². The first-order valence-electron chi connectivity index (χ1n) is 8.21. The molecule has 0 aliphatic carbocycles. The van der Waals surface area contributed by atoms with Crippen molar-refractivity contribution < 1.29 is 4.79 Å². The molecular weight excluding hydrogens is 462 g/mol. The molecule has 0 aliphatic rings. The van der Waals surface area contributed by atoms with Gasteiger partial charge in [0.1, 0.15) is 0 Å². The van der Waals surface area contributed by atoms with Gasteiger partial charge in [-0.25, -0.2) is 0 Å². The minimum absolute atomic E-state index is 0.241. The van der Waals surface area contributed by atoms with Crippen molar-refractivity contribution >= 4 is 43.5 Å². The lowest BCUT2D eigenvalue weighted by Crippen LogP contribution is -2.14. The topological polar surface area (TPSA) is 64.7 Å². The normalized spacial score (nSPS) is 11.0. The number of nitrogens with one attached hydrogen (secondary N) is 1. The summed E-state index contributed by atoms with van der Waals surface area (Å²) in [5.74, 6) is -0.241. The van der Waals surface area contributed by atoms with Crippen LogP contribution in [0.3, 0.4) is 0 Å². The minimum atomic E-state index is -0.241. The van der Waals surface area contributed by atoms with Gasteiger partial charge in [-0.3, -0.25) is 14.2 Å². The molecule has 136 valence electrons. The van der Waals surface area contributed by atoms with E-state index in [9.17, 15) is 4.79 Å². The lowest BCUT2D eigenvalue weighted by Gasteiger charge is -2.08. The van der Waals surface area contributed by atoms with Gasteiger partial charge in [-0.2, -0.15) is 10.2 Å². The van der Waals surface area contributed by atoms with E-state index in [1.807, 2.05) is 49.7 Å². The van der Waals surface area contributed by atoms with Gasteiger partial charge in [0.05, 0.1) is 26.9 Å². The molecule has 1 amide bonds. The van der Waals surface area contributed by atoms with Crippen LogP contribution in [0.15, 0.2) is 39.4 Å². The Kier molecular flexibility index (Phi) is 5.62. The maximum Gasteiger partial charge on any atom is 0.277 e. The van der Waals surface area contributed by atoms with Crippen LogP contribution >= 0.6 is 31.9 Å². The maximum absolute atomic E-state index is 12.5. The highest BCUT2D eigenvalue weighted by Crippen LogP contribution is 2.22. The standard InChI is InChI=1S/C18H19Br2N5O/c1-4-24-10-15(19)17(23-24)18(26)21-14-7-5-6-13(8-14)9-25-12(3)16(20)11(2)22-25/h5-8,10H,4,9H2,1-3H3,(H,21,26). The van der Waals surface area contributed by atoms with Crippen molar-refractivity contribution in [1.82, 2.24) is 19.6 Å². The van der Waals surface area contributed by atoms with Crippen molar-refractivity contribution in [2.24, 2.45) is 0 Å². The summed E-state index contributed by atoms with van der Waals surface area (Å²) in [4.78, 5) is 12.5. The van der Waals surface area contributed by atoms with Crippen LogP contribution in [0.2, 0.25) is 0 Å². The lowest BCUT2D eigenvalue weighted by molar-refractivity contribution is 0.102. The van der Waals surface area contributed by atoms with Crippen LogP contribution in [-0.2, 0) is 13.1 Å². The lowest BCUT2D eigenvalue weighted by atomic mass is 10.2. The third-order valence-corrected chi connectivity index (χ3v) is 5.79. The number of benzene rings is 1. The molecule has 0 unspecified atom stereocenters. The van der Waals surface area contributed by atoms with Gasteiger partial charge in [0, 0.05) is 18.4 Å². The van der Waals surface area contributed by atoms with Crippen LogP contribution < -0.4 is 5.32 Å². The number of anilines is 1. The smallest absolute Gasteiger partial charge is 0.277 e. The number of nitrogens with zero attached hydrogens (tertiary/aromatic N) is 4. The van der Waals surface area contributed by atoms with E-state index in [4.69, 9.17) is 0 Å². The highest BCUT2D eigenvalue weighted by atomic mass is 79.9. The molecule has 0 aliphatic heterocycles. The van der Waals surface area contributed by atoms with Crippen LogP contribution in [0, 0.1) is 13.8 Å². The first-order chi connectivity index (χ1) is 12.4. The zero-order chi connectivity index (χ0) is 18.8. The highest BCUT2D eigenvalue weighted by molar-refractivity contribution is 9.10. The Bertz CT molecular complexity index is 961. The number of carbonyl (C=O) groups excluding carboxylic acids is 1. The molecule has 2 aromatic heterocycles. The Hall–Kier alpha value is -1.93. The van der Waals surface area contributed by atoms with Crippen molar-refractivity contribution in [1.29, 1.82) is 0 Å². The van der Waals surface area contributed by atoms with Gasteiger partial charge in [-0.15, -0.1) is 0 Å². The molecule has 26 heavy (non-hydrogen) atoms. The monoisotopic (exact) mass is 479 g/mol. The molecule has 0 bridgehead atoms. The molecule has 0 saturated carbocycles. The fraction of sp³-hybridized carbons (Fsp3) is 0.278. The van der Waals surface area contributed by atoms with Crippen LogP contribution in [0.4, 0.5) is 5.69 Å². The van der Waals surface area contributed by atoms with E-state index in [1.165, 1.54) is 0 Å². The SMILES string of the molecule is CCn1cc(Br)c(C(=O)Nc2cccc(Cn3nc(C)c(Br)c3C)c2)n1. The second-order valence-corrected chi connectivity index (χ2v) is 7.63. The van der Waals surface area contributed by atoms with Crippen LogP contribution in [-0.4, -0.2) is 25.5 Å². The van der Waals surface area contributed by atoms with Gasteiger partial charge in [-0.1, -0.05) is 12.1 Å². The average Bonchev–Trinajstić information content (AvgIpc) is 3.11. The largest absolute Gasteiger partial charge is 0.321 e. The molecule has 8 heteroatoms. The second-order valence-electron chi connectivity index (χ2n) is 5.98. The molecule has 1 N–H and O–H groups in total. The Morgan fingerprint density at radius 3 is 2.62 bits per heavy atom. The van der Waals surface area contributed by atoms with Gasteiger partial charge in [0.2, 0.25) is 0 Å². The Morgan fingerprint density at radius 2 is 2.00 bits per heavy atom. The van der Waals surface area contributed by atoms with E-state index in [0.717, 1.165) is 27.1 Å². The number of aryl methyl sites for hydroxylation is 2. The van der Waals surface area contributed by atoms with Gasteiger partial charge >= 0.3 is 0 Å². The van der Waals surface area contributed by atoms with Crippen LogP contribution in [0.5, 0.6) is 0 Å². The fourth-order valence-corrected chi connectivity index (χ4v) is 3.43. The zero-order valence-corrected chi connectivity index (χ0v) is 17.9. The first-order valence-corrected chi connectivity index (χ1v) is 9.80. The molecule has 6 nitrogen and oxygen atoms in total. The van der Waals surface area contributed by atoms with E-state index in [2.05, 4.69) is 47.4 Å². The summed E-state index contributed by atoms with van der Waals surface area (Å²) < 4.78 is 5.37. The summed E-state index contributed by atoms with van der Waals surface area (Å²) in [6.45, 7) is 7.31. The predicted molar refractivity (Wildman–Crippen MR) is 108 cm³/mol. The maximum atomic E-state index is 12.5. The zero-order valence-electron chi connectivity index (χ0n) is 14.8. The van der Waals surface area contributed by atoms with E-state index in [0.29, 0.717) is 23.3 Å². The molecule has 0 fully saturated rings. The molecule has 0 atom stereocenters. The van der Waals surface area contributed by atoms with Gasteiger partial charge in [0.25, 0.3) is 5.91 Å². The third kappa shape index (κ3) is 3.91. The third-order valence-electron chi connectivity index (χ3n) is 4.07. The van der Waals surface area contributed by atoms with Crippen molar-refractivity contribution in [2.75, 3.05) is 5.32 Å². The van der Waals surface area contributed by atoms with Crippen LogP contribution in [0.25, 0.3) is 0 Å². The summed E-state index contributed by atoms with van der Waals surface area (Å²) in [5.41, 5.74) is 4.19. The molecule has 0 saturated heterocycles. The van der Waals surface area contributed by atoms with Gasteiger partial charge in [0.15, 0.2) is 5.69 Å². The average molecular weight is 481 g/mol. The van der Waals surface area contributed by atoms with E-state index in [1.54, 1.807) is 10.9 Å². The van der Waals surface area contributed by atoms with E-state index in [-0.39, 0.29) is 5.91 Å². The Labute approximate surface area is 168 Å². The quantitative estimate of drug-likeness (QED) is 0.582. The number of amides is 1. The summed E-state index contributed by atoms with van der Waals surface area (Å²) in [6.07, 6.45) is 1.80. The van der Waals surface area contributed by atoms with Gasteiger partial charge < -0.3 is 5.32 Å². The van der Waals surface area contributed by atoms with E-state index >= 15 is 0 Å². The molecule has 3 rings (SSSR count). The summed E-state index contributed by atoms with van der Waals surface area (Å²) >= 11 is 6.93. The Morgan fingerprint density at radius 1 is 1.23 bits per heavy atom. The Balaban J connectivity index is 1.77. The number of rotatable bonds is 5. The molecule has 1 aromatic carbocycles. The van der Waals surface area contributed by atoms with Crippen molar-refractivity contribution in [2.45, 2.75) is 33.9 Å². The van der Waals surface area contributed by atoms with Crippen molar-refractivity contribution in [3.05, 3.63) is 62.1 Å².